The second kappa shape index (κ2) is 9.40. The summed E-state index contributed by atoms with van der Waals surface area (Å²) in [6.07, 6.45) is 4.87. The highest BCUT2D eigenvalue weighted by Gasteiger charge is 2.18. The Bertz CT molecular complexity index is 1230. The van der Waals surface area contributed by atoms with Crippen molar-refractivity contribution in [2.75, 3.05) is 6.54 Å². The van der Waals surface area contributed by atoms with Crippen molar-refractivity contribution >= 4 is 11.4 Å². The first kappa shape index (κ1) is 20.6. The minimum atomic E-state index is -0.360. The van der Waals surface area contributed by atoms with Crippen LogP contribution in [0.1, 0.15) is 17.5 Å². The third-order valence-electron chi connectivity index (χ3n) is 5.19. The summed E-state index contributed by atoms with van der Waals surface area (Å²) in [5, 5.41) is 17.3. The zero-order chi connectivity index (χ0) is 21.6. The Hall–Kier alpha value is -3.71. The highest BCUT2D eigenvalue weighted by molar-refractivity contribution is 5.76. The van der Waals surface area contributed by atoms with E-state index in [-0.39, 0.29) is 30.1 Å². The lowest BCUT2D eigenvalue weighted by Gasteiger charge is -2.08. The van der Waals surface area contributed by atoms with Crippen molar-refractivity contribution in [3.8, 4) is 11.3 Å². The van der Waals surface area contributed by atoms with Gasteiger partial charge in [0.2, 0.25) is 5.91 Å². The lowest BCUT2D eigenvalue weighted by Crippen LogP contribution is -2.33. The molecular formula is C24H24N4O3. The molecule has 0 aliphatic heterocycles. The van der Waals surface area contributed by atoms with Gasteiger partial charge >= 0.3 is 0 Å². The van der Waals surface area contributed by atoms with Crippen LogP contribution < -0.4 is 10.9 Å². The number of amides is 1. The van der Waals surface area contributed by atoms with E-state index in [1.165, 1.54) is 14.6 Å². The fraction of sp³-hybridized carbons (Fsp3) is 0.208. The minimum absolute atomic E-state index is 0.0859. The molecule has 31 heavy (non-hydrogen) atoms. The molecular weight excluding hydrogens is 392 g/mol. The summed E-state index contributed by atoms with van der Waals surface area (Å²) >= 11 is 0. The van der Waals surface area contributed by atoms with Gasteiger partial charge in [0.05, 0.1) is 12.3 Å². The number of aryl methyl sites for hydroxylation is 1. The Morgan fingerprint density at radius 3 is 2.42 bits per heavy atom. The Labute approximate surface area is 179 Å². The van der Waals surface area contributed by atoms with Crippen LogP contribution in [0.3, 0.4) is 0 Å². The maximum Gasteiger partial charge on any atom is 0.277 e. The second-order valence-corrected chi connectivity index (χ2v) is 7.31. The van der Waals surface area contributed by atoms with Gasteiger partial charge in [-0.25, -0.2) is 4.52 Å². The molecule has 0 unspecified atom stereocenters. The van der Waals surface area contributed by atoms with Gasteiger partial charge in [0.15, 0.2) is 0 Å². The van der Waals surface area contributed by atoms with E-state index in [0.717, 1.165) is 18.4 Å². The van der Waals surface area contributed by atoms with Crippen LogP contribution in [0.5, 0.6) is 0 Å². The number of hydrogen-bond donors (Lipinski definition) is 2. The van der Waals surface area contributed by atoms with Gasteiger partial charge < -0.3 is 15.0 Å². The van der Waals surface area contributed by atoms with Crippen molar-refractivity contribution < 1.29 is 9.90 Å². The van der Waals surface area contributed by atoms with Gasteiger partial charge in [-0.15, -0.1) is 0 Å². The number of hydrogen-bond acceptors (Lipinski definition) is 4. The van der Waals surface area contributed by atoms with Crippen molar-refractivity contribution in [1.82, 2.24) is 19.5 Å². The fourth-order valence-corrected chi connectivity index (χ4v) is 3.63. The quantitative estimate of drug-likeness (QED) is 0.432. The van der Waals surface area contributed by atoms with E-state index in [4.69, 9.17) is 0 Å². The van der Waals surface area contributed by atoms with Crippen molar-refractivity contribution in [1.29, 1.82) is 0 Å². The van der Waals surface area contributed by atoms with E-state index in [2.05, 4.69) is 22.5 Å². The van der Waals surface area contributed by atoms with E-state index in [0.29, 0.717) is 17.8 Å². The maximum absolute atomic E-state index is 13.0. The summed E-state index contributed by atoms with van der Waals surface area (Å²) in [5.41, 5.74) is 2.97. The molecule has 7 nitrogen and oxygen atoms in total. The first-order chi connectivity index (χ1) is 15.2. The Morgan fingerprint density at radius 1 is 1.00 bits per heavy atom. The molecule has 2 aromatic heterocycles. The number of rotatable bonds is 8. The van der Waals surface area contributed by atoms with Gasteiger partial charge in [-0.3, -0.25) is 9.59 Å². The topological polar surface area (TPSA) is 88.6 Å². The first-order valence-corrected chi connectivity index (χ1v) is 10.2. The zero-order valence-electron chi connectivity index (χ0n) is 17.1. The third-order valence-corrected chi connectivity index (χ3v) is 5.19. The van der Waals surface area contributed by atoms with E-state index >= 15 is 0 Å². The number of aliphatic hydroxyl groups excluding tert-OH is 1. The molecule has 1 amide bonds. The predicted octanol–water partition coefficient (Wildman–Crippen LogP) is 2.40. The summed E-state index contributed by atoms with van der Waals surface area (Å²) < 4.78 is 2.81. The van der Waals surface area contributed by atoms with E-state index in [1.807, 2.05) is 48.5 Å². The number of benzene rings is 2. The van der Waals surface area contributed by atoms with Crippen molar-refractivity contribution in [3.05, 3.63) is 94.5 Å². The minimum Gasteiger partial charge on any atom is -0.392 e. The average molecular weight is 416 g/mol. The normalized spacial score (nSPS) is 11.0. The van der Waals surface area contributed by atoms with Crippen LogP contribution in [0.4, 0.5) is 0 Å². The number of aliphatic hydroxyl groups is 1. The van der Waals surface area contributed by atoms with Crippen molar-refractivity contribution in [2.45, 2.75) is 26.0 Å². The molecule has 2 N–H and O–H groups in total. The molecule has 2 aromatic carbocycles. The molecule has 4 rings (SSSR count). The number of nitrogens with one attached hydrogen (secondary N) is 1. The summed E-state index contributed by atoms with van der Waals surface area (Å²) in [4.78, 5) is 25.4. The van der Waals surface area contributed by atoms with Crippen molar-refractivity contribution in [2.24, 2.45) is 0 Å². The standard InChI is InChI=1S/C24H24N4O3/c29-17-20-22(19-11-5-2-6-12-19)26-28-15-14-27(24(31)23(20)28)16-21(30)25-13-7-10-18-8-3-1-4-9-18/h1-6,8-9,11-12,14-15,29H,7,10,13,16-17H2,(H,25,30). The van der Waals surface area contributed by atoms with Crippen LogP contribution in [-0.2, 0) is 24.4 Å². The summed E-state index contributed by atoms with van der Waals surface area (Å²) in [6.45, 7) is 0.132. The average Bonchev–Trinajstić information content (AvgIpc) is 3.19. The second-order valence-electron chi connectivity index (χ2n) is 7.31. The summed E-state index contributed by atoms with van der Waals surface area (Å²) in [5.74, 6) is -0.229. The van der Waals surface area contributed by atoms with Crippen LogP contribution in [0.25, 0.3) is 16.8 Å². The Kier molecular flexibility index (Phi) is 6.24. The molecule has 0 fully saturated rings. The van der Waals surface area contributed by atoms with Gasteiger partial charge in [-0.1, -0.05) is 60.7 Å². The van der Waals surface area contributed by atoms with Crippen LogP contribution >= 0.6 is 0 Å². The summed E-state index contributed by atoms with van der Waals surface area (Å²) in [6, 6.07) is 19.5. The zero-order valence-corrected chi connectivity index (χ0v) is 17.1. The molecule has 158 valence electrons. The van der Waals surface area contributed by atoms with Gasteiger partial charge in [-0.2, -0.15) is 5.10 Å². The highest BCUT2D eigenvalue weighted by atomic mass is 16.3. The van der Waals surface area contributed by atoms with E-state index in [9.17, 15) is 14.7 Å². The molecule has 0 radical (unpaired) electrons. The predicted molar refractivity (Wildman–Crippen MR) is 119 cm³/mol. The molecule has 4 aromatic rings. The van der Waals surface area contributed by atoms with Gasteiger partial charge in [0.1, 0.15) is 12.1 Å². The molecule has 0 saturated heterocycles. The lowest BCUT2D eigenvalue weighted by molar-refractivity contribution is -0.121. The first-order valence-electron chi connectivity index (χ1n) is 10.2. The molecule has 0 atom stereocenters. The van der Waals surface area contributed by atoms with E-state index in [1.54, 1.807) is 12.4 Å². The smallest absolute Gasteiger partial charge is 0.277 e. The number of carbonyl (C=O) groups excluding carboxylic acids is 1. The van der Waals surface area contributed by atoms with Crippen LogP contribution in [0, 0.1) is 0 Å². The van der Waals surface area contributed by atoms with Crippen LogP contribution in [0.15, 0.2) is 77.9 Å². The largest absolute Gasteiger partial charge is 0.392 e. The number of aromatic nitrogens is 3. The van der Waals surface area contributed by atoms with Gasteiger partial charge in [0.25, 0.3) is 5.56 Å². The molecule has 0 saturated carbocycles. The number of carbonyl (C=O) groups is 1. The number of fused-ring (bicyclic) bond motifs is 1. The summed E-state index contributed by atoms with van der Waals surface area (Å²) in [7, 11) is 0. The van der Waals surface area contributed by atoms with E-state index < -0.39 is 0 Å². The maximum atomic E-state index is 13.0. The molecule has 0 bridgehead atoms. The Balaban J connectivity index is 1.47. The van der Waals surface area contributed by atoms with Gasteiger partial charge in [-0.05, 0) is 18.4 Å². The fourth-order valence-electron chi connectivity index (χ4n) is 3.63. The third kappa shape index (κ3) is 4.57. The van der Waals surface area contributed by atoms with Crippen LogP contribution in [-0.4, -0.2) is 31.7 Å². The molecule has 0 aliphatic carbocycles. The monoisotopic (exact) mass is 416 g/mol. The molecule has 0 aliphatic rings. The lowest BCUT2D eigenvalue weighted by atomic mass is 10.1. The SMILES string of the molecule is O=C(Cn1ccn2nc(-c3ccccc3)c(CO)c2c1=O)NCCCc1ccccc1. The van der Waals surface area contributed by atoms with Crippen molar-refractivity contribution in [3.63, 3.8) is 0 Å². The molecule has 0 spiro atoms. The van der Waals surface area contributed by atoms with Gasteiger partial charge in [0, 0.05) is 30.1 Å². The highest BCUT2D eigenvalue weighted by Crippen LogP contribution is 2.24. The van der Waals surface area contributed by atoms with Crippen LogP contribution in [0.2, 0.25) is 0 Å². The number of nitrogens with zero attached hydrogens (tertiary/aromatic N) is 3. The molecule has 2 heterocycles. The molecule has 7 heteroatoms. The Morgan fingerprint density at radius 2 is 1.71 bits per heavy atom.